The van der Waals surface area contributed by atoms with Gasteiger partial charge < -0.3 is 10.5 Å². The summed E-state index contributed by atoms with van der Waals surface area (Å²) in [4.78, 5) is 0.293. The fourth-order valence-electron chi connectivity index (χ4n) is 2.21. The van der Waals surface area contributed by atoms with Gasteiger partial charge in [-0.1, -0.05) is 6.07 Å². The zero-order valence-corrected chi connectivity index (χ0v) is 12.1. The van der Waals surface area contributed by atoms with E-state index in [4.69, 9.17) is 10.5 Å². The molecule has 0 aromatic heterocycles. The number of sulfonamides is 1. The highest BCUT2D eigenvalue weighted by atomic mass is 32.2. The highest BCUT2D eigenvalue weighted by molar-refractivity contribution is 7.89. The summed E-state index contributed by atoms with van der Waals surface area (Å²) in [6.07, 6.45) is 0.629. The van der Waals surface area contributed by atoms with Gasteiger partial charge in [0.1, 0.15) is 0 Å². The number of anilines is 1. The Labute approximate surface area is 114 Å². The quantitative estimate of drug-likeness (QED) is 0.833. The maximum atomic E-state index is 12.7. The molecule has 0 radical (unpaired) electrons. The van der Waals surface area contributed by atoms with Crippen LogP contribution >= 0.6 is 0 Å². The molecule has 1 aliphatic heterocycles. The Hall–Kier alpha value is -1.11. The van der Waals surface area contributed by atoms with Gasteiger partial charge in [0.15, 0.2) is 0 Å². The second-order valence-electron chi connectivity index (χ2n) is 4.92. The molecule has 106 valence electrons. The van der Waals surface area contributed by atoms with Crippen molar-refractivity contribution in [3.05, 3.63) is 23.8 Å². The molecule has 1 saturated heterocycles. The zero-order valence-electron chi connectivity index (χ0n) is 11.3. The Morgan fingerprint density at radius 2 is 2.16 bits per heavy atom. The van der Waals surface area contributed by atoms with Crippen LogP contribution < -0.4 is 5.73 Å². The third-order valence-electron chi connectivity index (χ3n) is 3.24. The lowest BCUT2D eigenvalue weighted by Gasteiger charge is -2.22. The molecule has 5 nitrogen and oxygen atoms in total. The maximum absolute atomic E-state index is 12.7. The van der Waals surface area contributed by atoms with Crippen molar-refractivity contribution in [1.29, 1.82) is 0 Å². The summed E-state index contributed by atoms with van der Waals surface area (Å²) >= 11 is 0. The van der Waals surface area contributed by atoms with Crippen LogP contribution in [0.1, 0.15) is 18.9 Å². The number of aryl methyl sites for hydroxylation is 1. The summed E-state index contributed by atoms with van der Waals surface area (Å²) in [7, 11) is -3.50. The molecule has 1 unspecified atom stereocenters. The molecule has 0 spiro atoms. The van der Waals surface area contributed by atoms with Crippen molar-refractivity contribution in [3.63, 3.8) is 0 Å². The first-order chi connectivity index (χ1) is 8.91. The largest absolute Gasteiger partial charge is 0.399 e. The van der Waals surface area contributed by atoms with Crippen LogP contribution in [-0.4, -0.2) is 38.5 Å². The summed E-state index contributed by atoms with van der Waals surface area (Å²) in [6.45, 7) is 5.14. The summed E-state index contributed by atoms with van der Waals surface area (Å²) in [5, 5.41) is 0. The van der Waals surface area contributed by atoms with Crippen molar-refractivity contribution in [1.82, 2.24) is 4.31 Å². The number of rotatable bonds is 2. The Bertz CT molecular complexity index is 557. The van der Waals surface area contributed by atoms with Crippen LogP contribution in [0.2, 0.25) is 0 Å². The minimum absolute atomic E-state index is 0.0846. The van der Waals surface area contributed by atoms with Gasteiger partial charge in [0.2, 0.25) is 10.0 Å². The fraction of sp³-hybridized carbons (Fsp3) is 0.538. The van der Waals surface area contributed by atoms with Crippen LogP contribution in [0.4, 0.5) is 5.69 Å². The van der Waals surface area contributed by atoms with Crippen molar-refractivity contribution in [2.75, 3.05) is 25.4 Å². The predicted molar refractivity (Wildman–Crippen MR) is 74.4 cm³/mol. The lowest BCUT2D eigenvalue weighted by molar-refractivity contribution is 0.0752. The van der Waals surface area contributed by atoms with Crippen LogP contribution in [0.3, 0.4) is 0 Å². The second-order valence-corrected chi connectivity index (χ2v) is 6.83. The Morgan fingerprint density at radius 3 is 2.89 bits per heavy atom. The van der Waals surface area contributed by atoms with E-state index in [9.17, 15) is 8.42 Å². The second kappa shape index (κ2) is 5.48. The van der Waals surface area contributed by atoms with Crippen LogP contribution in [0, 0.1) is 6.92 Å². The molecule has 0 amide bonds. The SMILES string of the molecule is Cc1ccc(N)cc1S(=O)(=O)N1CCCOC(C)C1. The first-order valence-electron chi connectivity index (χ1n) is 6.39. The molecular formula is C13H20N2O3S. The van der Waals surface area contributed by atoms with Gasteiger partial charge in [0.25, 0.3) is 0 Å². The average molecular weight is 284 g/mol. The lowest BCUT2D eigenvalue weighted by atomic mass is 10.2. The van der Waals surface area contributed by atoms with E-state index < -0.39 is 10.0 Å². The molecule has 1 aliphatic rings. The van der Waals surface area contributed by atoms with E-state index in [2.05, 4.69) is 0 Å². The molecule has 1 fully saturated rings. The topological polar surface area (TPSA) is 72.6 Å². The Kier molecular flexibility index (Phi) is 4.13. The van der Waals surface area contributed by atoms with Crippen LogP contribution in [0.5, 0.6) is 0 Å². The molecule has 0 bridgehead atoms. The van der Waals surface area contributed by atoms with E-state index in [0.717, 1.165) is 0 Å². The van der Waals surface area contributed by atoms with Gasteiger partial charge in [0, 0.05) is 25.4 Å². The van der Waals surface area contributed by atoms with E-state index >= 15 is 0 Å². The van der Waals surface area contributed by atoms with E-state index in [1.807, 2.05) is 6.92 Å². The summed E-state index contributed by atoms with van der Waals surface area (Å²) in [6, 6.07) is 4.98. The van der Waals surface area contributed by atoms with E-state index in [0.29, 0.717) is 42.3 Å². The molecule has 1 atom stereocenters. The van der Waals surface area contributed by atoms with Gasteiger partial charge in [-0.05, 0) is 38.0 Å². The van der Waals surface area contributed by atoms with E-state index in [1.165, 1.54) is 10.4 Å². The van der Waals surface area contributed by atoms with Gasteiger partial charge in [-0.3, -0.25) is 0 Å². The number of hydrogen-bond acceptors (Lipinski definition) is 4. The van der Waals surface area contributed by atoms with Crippen molar-refractivity contribution in [2.24, 2.45) is 0 Å². The van der Waals surface area contributed by atoms with E-state index in [-0.39, 0.29) is 6.10 Å². The van der Waals surface area contributed by atoms with Gasteiger partial charge in [-0.15, -0.1) is 0 Å². The highest BCUT2D eigenvalue weighted by Gasteiger charge is 2.29. The summed E-state index contributed by atoms with van der Waals surface area (Å²) in [5.74, 6) is 0. The fourth-order valence-corrected chi connectivity index (χ4v) is 4.02. The van der Waals surface area contributed by atoms with Gasteiger partial charge in [-0.25, -0.2) is 8.42 Å². The van der Waals surface area contributed by atoms with Gasteiger partial charge >= 0.3 is 0 Å². The highest BCUT2D eigenvalue weighted by Crippen LogP contribution is 2.23. The molecule has 1 aromatic carbocycles. The standard InChI is InChI=1S/C13H20N2O3S/c1-10-4-5-12(14)8-13(10)19(16,17)15-6-3-7-18-11(2)9-15/h4-5,8,11H,3,6-7,9,14H2,1-2H3. The maximum Gasteiger partial charge on any atom is 0.243 e. The number of nitrogens with zero attached hydrogens (tertiary/aromatic N) is 1. The molecule has 1 aromatic rings. The Morgan fingerprint density at radius 1 is 1.42 bits per heavy atom. The minimum Gasteiger partial charge on any atom is -0.399 e. The molecule has 6 heteroatoms. The van der Waals surface area contributed by atoms with Crippen molar-refractivity contribution < 1.29 is 13.2 Å². The predicted octanol–water partition coefficient (Wildman–Crippen LogP) is 1.38. The third-order valence-corrected chi connectivity index (χ3v) is 5.25. The van der Waals surface area contributed by atoms with Crippen molar-refractivity contribution in [2.45, 2.75) is 31.3 Å². The normalized spacial score (nSPS) is 22.1. The molecule has 0 saturated carbocycles. The molecular weight excluding hydrogens is 264 g/mol. The van der Waals surface area contributed by atoms with Crippen LogP contribution in [0.25, 0.3) is 0 Å². The van der Waals surface area contributed by atoms with Crippen LogP contribution in [-0.2, 0) is 14.8 Å². The Balaban J connectivity index is 2.38. The minimum atomic E-state index is -3.50. The first-order valence-corrected chi connectivity index (χ1v) is 7.83. The monoisotopic (exact) mass is 284 g/mol. The number of benzene rings is 1. The molecule has 19 heavy (non-hydrogen) atoms. The number of hydrogen-bond donors (Lipinski definition) is 1. The number of nitrogens with two attached hydrogens (primary N) is 1. The van der Waals surface area contributed by atoms with E-state index in [1.54, 1.807) is 19.1 Å². The van der Waals surface area contributed by atoms with Crippen molar-refractivity contribution in [3.8, 4) is 0 Å². The third kappa shape index (κ3) is 3.08. The smallest absolute Gasteiger partial charge is 0.243 e. The summed E-state index contributed by atoms with van der Waals surface area (Å²) < 4.78 is 32.3. The first kappa shape index (κ1) is 14.3. The molecule has 2 rings (SSSR count). The number of ether oxygens (including phenoxy) is 1. The molecule has 0 aliphatic carbocycles. The zero-order chi connectivity index (χ0) is 14.0. The van der Waals surface area contributed by atoms with Crippen LogP contribution in [0.15, 0.2) is 23.1 Å². The van der Waals surface area contributed by atoms with Gasteiger partial charge in [-0.2, -0.15) is 4.31 Å². The van der Waals surface area contributed by atoms with Crippen molar-refractivity contribution >= 4 is 15.7 Å². The number of nitrogen functional groups attached to an aromatic ring is 1. The molecule has 1 heterocycles. The summed E-state index contributed by atoms with van der Waals surface area (Å²) in [5.41, 5.74) is 6.88. The molecule has 2 N–H and O–H groups in total. The lowest BCUT2D eigenvalue weighted by Crippen LogP contribution is -2.36. The average Bonchev–Trinajstić information content (AvgIpc) is 2.57. The van der Waals surface area contributed by atoms with Gasteiger partial charge in [0.05, 0.1) is 11.0 Å².